The van der Waals surface area contributed by atoms with Gasteiger partial charge in [0.05, 0.1) is 0 Å². The Labute approximate surface area is 31.4 Å². The molecule has 0 aromatic rings. The molecule has 0 aliphatic carbocycles. The summed E-state index contributed by atoms with van der Waals surface area (Å²) in [6.45, 7) is 0. The first-order chi connectivity index (χ1) is 1.73. The Bertz CT molecular complexity index is 31.0. The van der Waals surface area contributed by atoms with E-state index in [0.29, 0.717) is 0 Å². The molecule has 0 aromatic heterocycles. The molecule has 21 valence electrons. The fraction of sp³-hybridized carbons (Fsp3) is 0. The van der Waals surface area contributed by atoms with Gasteiger partial charge >= 0.3 is 30.6 Å². The molecule has 0 fully saturated rings. The van der Waals surface area contributed by atoms with Crippen LogP contribution in [0, 0.1) is 0 Å². The standard InChI is InChI=1S/CFGeO/c2-1(3)4. The SMILES string of the molecule is O=[C](F)[Ge]. The van der Waals surface area contributed by atoms with E-state index in [9.17, 15) is 4.39 Å². The molecular weight excluding hydrogens is 120 g/mol. The zero-order chi connectivity index (χ0) is 3.58. The Morgan fingerprint density at radius 3 is 2.00 bits per heavy atom. The molecule has 0 heterocycles. The van der Waals surface area contributed by atoms with Gasteiger partial charge in [0.15, 0.2) is 0 Å². The summed E-state index contributed by atoms with van der Waals surface area (Å²) in [6.07, 6.45) is 0. The van der Waals surface area contributed by atoms with E-state index in [1.807, 2.05) is 0 Å². The van der Waals surface area contributed by atoms with Crippen molar-refractivity contribution in [2.45, 2.75) is 0 Å². The molecule has 3 heteroatoms. The van der Waals surface area contributed by atoms with E-state index in [1.54, 1.807) is 0 Å². The molecular formula is CFGeO. The summed E-state index contributed by atoms with van der Waals surface area (Å²) in [5.41, 5.74) is 0. The molecule has 0 amide bonds. The van der Waals surface area contributed by atoms with E-state index < -0.39 is 4.87 Å². The molecule has 0 aromatic carbocycles. The molecule has 0 saturated carbocycles. The van der Waals surface area contributed by atoms with E-state index in [0.717, 1.165) is 16.5 Å². The average molecular weight is 120 g/mol. The first-order valence-electron chi connectivity index (χ1n) is 0.643. The second kappa shape index (κ2) is 1.46. The number of hydrogen-bond donors (Lipinski definition) is 0. The minimum atomic E-state index is -1.33. The Balaban J connectivity index is 2.80. The van der Waals surface area contributed by atoms with E-state index in [1.165, 1.54) is 0 Å². The predicted octanol–water partition coefficient (Wildman–Crippen LogP) is 0.244. The predicted molar refractivity (Wildman–Crippen MR) is 12.3 cm³/mol. The fourth-order valence-electron chi connectivity index (χ4n) is 0. The Morgan fingerprint density at radius 2 is 2.00 bits per heavy atom. The van der Waals surface area contributed by atoms with Gasteiger partial charge in [0.25, 0.3) is 0 Å². The maximum atomic E-state index is 10.4. The van der Waals surface area contributed by atoms with Gasteiger partial charge in [-0.2, -0.15) is 0 Å². The van der Waals surface area contributed by atoms with Crippen LogP contribution < -0.4 is 0 Å². The second-order valence-electron chi connectivity index (χ2n) is 0.274. The number of carbonyl (C=O) groups is 1. The Kier molecular flexibility index (Phi) is 1.51. The molecule has 1 nitrogen and oxygen atoms in total. The van der Waals surface area contributed by atoms with Crippen molar-refractivity contribution in [2.24, 2.45) is 0 Å². The van der Waals surface area contributed by atoms with Crippen LogP contribution in [0.5, 0.6) is 0 Å². The summed E-state index contributed by atoms with van der Waals surface area (Å²) >= 11 is 0.861. The first kappa shape index (κ1) is 4.14. The summed E-state index contributed by atoms with van der Waals surface area (Å²) in [4.78, 5) is 7.44. The molecule has 0 aliphatic heterocycles. The fourth-order valence-corrected chi connectivity index (χ4v) is 0. The maximum absolute atomic E-state index is 10.4. The van der Waals surface area contributed by atoms with Crippen LogP contribution in [0.25, 0.3) is 0 Å². The Hall–Kier alpha value is 0.143. The number of carbonyl (C=O) groups excluding carboxylic acids is 1. The van der Waals surface area contributed by atoms with Crippen LogP contribution in [-0.4, -0.2) is 21.4 Å². The number of rotatable bonds is 0. The van der Waals surface area contributed by atoms with Gasteiger partial charge in [0, 0.05) is 0 Å². The molecule has 0 bridgehead atoms. The van der Waals surface area contributed by atoms with Crippen molar-refractivity contribution in [1.82, 2.24) is 0 Å². The van der Waals surface area contributed by atoms with Crippen molar-refractivity contribution in [3.05, 3.63) is 0 Å². The molecule has 0 unspecified atom stereocenters. The van der Waals surface area contributed by atoms with E-state index in [-0.39, 0.29) is 0 Å². The van der Waals surface area contributed by atoms with Gasteiger partial charge < -0.3 is 0 Å². The van der Waals surface area contributed by atoms with Crippen LogP contribution in [0.2, 0.25) is 0 Å². The van der Waals surface area contributed by atoms with Crippen LogP contribution in [0.1, 0.15) is 0 Å². The molecule has 0 atom stereocenters. The molecule has 0 rings (SSSR count). The summed E-state index contributed by atoms with van der Waals surface area (Å²) in [6, 6.07) is 0. The van der Waals surface area contributed by atoms with Crippen molar-refractivity contribution in [1.29, 1.82) is 0 Å². The van der Waals surface area contributed by atoms with Gasteiger partial charge in [0.1, 0.15) is 0 Å². The summed E-state index contributed by atoms with van der Waals surface area (Å²) in [5, 5.41) is 0. The molecule has 0 aliphatic rings. The zero-order valence-electron chi connectivity index (χ0n) is 1.79. The molecule has 0 spiro atoms. The molecule has 0 N–H and O–H groups in total. The summed E-state index contributed by atoms with van der Waals surface area (Å²) < 4.78 is 10.4. The van der Waals surface area contributed by atoms with Crippen molar-refractivity contribution in [3.63, 3.8) is 0 Å². The van der Waals surface area contributed by atoms with E-state index >= 15 is 0 Å². The van der Waals surface area contributed by atoms with Crippen molar-refractivity contribution < 1.29 is 9.18 Å². The normalized spacial score (nSPS) is 6.50. The number of halogens is 1. The van der Waals surface area contributed by atoms with Gasteiger partial charge in [-0.3, -0.25) is 0 Å². The van der Waals surface area contributed by atoms with E-state index in [2.05, 4.69) is 0 Å². The van der Waals surface area contributed by atoms with Crippen LogP contribution in [-0.2, 0) is 0 Å². The van der Waals surface area contributed by atoms with Gasteiger partial charge in [-0.05, 0) is 0 Å². The third kappa shape index (κ3) is 137. The van der Waals surface area contributed by atoms with Crippen molar-refractivity contribution in [3.8, 4) is 0 Å². The molecule has 4 heavy (non-hydrogen) atoms. The van der Waals surface area contributed by atoms with Crippen molar-refractivity contribution in [2.75, 3.05) is 0 Å². The van der Waals surface area contributed by atoms with Crippen LogP contribution in [0.4, 0.5) is 9.18 Å². The third-order valence-electron chi connectivity index (χ3n) is 0. The van der Waals surface area contributed by atoms with Crippen LogP contribution in [0.3, 0.4) is 0 Å². The molecule has 3 radical (unpaired) electrons. The Morgan fingerprint density at radius 1 is 2.00 bits per heavy atom. The van der Waals surface area contributed by atoms with Crippen LogP contribution in [0.15, 0.2) is 0 Å². The average Bonchev–Trinajstić information content (AvgIpc) is 0.811. The minimum absolute atomic E-state index is 0.861. The topological polar surface area (TPSA) is 17.1 Å². The van der Waals surface area contributed by atoms with Gasteiger partial charge in [-0.25, -0.2) is 0 Å². The molecule has 0 saturated heterocycles. The second-order valence-corrected chi connectivity index (χ2v) is 1.10. The van der Waals surface area contributed by atoms with Gasteiger partial charge in [0.2, 0.25) is 0 Å². The number of hydrogen-bond acceptors (Lipinski definition) is 1. The monoisotopic (exact) mass is 121 g/mol. The zero-order valence-corrected chi connectivity index (χ0v) is 3.88. The van der Waals surface area contributed by atoms with Crippen molar-refractivity contribution >= 4 is 21.4 Å². The summed E-state index contributed by atoms with van der Waals surface area (Å²) in [5.74, 6) is 0. The first-order valence-corrected chi connectivity index (χ1v) is 1.69. The summed E-state index contributed by atoms with van der Waals surface area (Å²) in [7, 11) is 0. The quantitative estimate of drug-likeness (QED) is 0.330. The third-order valence-corrected chi connectivity index (χ3v) is 0. The van der Waals surface area contributed by atoms with Gasteiger partial charge in [-0.1, -0.05) is 0 Å². The van der Waals surface area contributed by atoms with Crippen LogP contribution >= 0.6 is 0 Å². The van der Waals surface area contributed by atoms with E-state index in [4.69, 9.17) is 4.79 Å². The van der Waals surface area contributed by atoms with Gasteiger partial charge in [-0.15, -0.1) is 0 Å².